The highest BCUT2D eigenvalue weighted by molar-refractivity contribution is 5.90. The topological polar surface area (TPSA) is 65.0 Å². The van der Waals surface area contributed by atoms with E-state index in [0.717, 1.165) is 53.9 Å². The van der Waals surface area contributed by atoms with Gasteiger partial charge in [0.1, 0.15) is 23.0 Å². The zero-order valence-corrected chi connectivity index (χ0v) is 22.0. The van der Waals surface area contributed by atoms with Gasteiger partial charge < -0.3 is 19.3 Å². The summed E-state index contributed by atoms with van der Waals surface area (Å²) in [6.45, 7) is 5.72. The van der Waals surface area contributed by atoms with Crippen LogP contribution in [0.2, 0.25) is 0 Å². The molecule has 0 aliphatic carbocycles. The molecule has 0 aromatic heterocycles. The van der Waals surface area contributed by atoms with Crippen molar-refractivity contribution >= 4 is 5.97 Å². The summed E-state index contributed by atoms with van der Waals surface area (Å²) in [6.07, 6.45) is 9.14. The third kappa shape index (κ3) is 6.65. The summed E-state index contributed by atoms with van der Waals surface area (Å²) < 4.78 is 18.4. The molecule has 0 bridgehead atoms. The fourth-order valence-electron chi connectivity index (χ4n) is 4.86. The molecule has 5 nitrogen and oxygen atoms in total. The quantitative estimate of drug-likeness (QED) is 0.175. The van der Waals surface area contributed by atoms with Gasteiger partial charge in [0.2, 0.25) is 0 Å². The summed E-state index contributed by atoms with van der Waals surface area (Å²) in [5.74, 6) is 1.67. The van der Waals surface area contributed by atoms with Crippen molar-refractivity contribution in [2.75, 3.05) is 13.2 Å². The second-order valence-electron chi connectivity index (χ2n) is 9.64. The molecule has 0 unspecified atom stereocenters. The number of unbranched alkanes of at least 4 members (excludes halogenated alkanes) is 6. The monoisotopic (exact) mass is 502 g/mol. The zero-order valence-electron chi connectivity index (χ0n) is 22.0. The second kappa shape index (κ2) is 13.2. The lowest BCUT2D eigenvalue weighted by atomic mass is 9.80. The standard InChI is InChI=1S/C32H38O5/c1-3-5-7-11-19-35-23-15-17-27-29(21-23)37-30-22-24(36-20-12-8-6-4-2)16-18-28(30)31(27)25-13-9-10-14-26(25)32(33)34/h9-10,13-18,21-22,31H,3-8,11-12,19-20H2,1-2H3,(H,33,34). The highest BCUT2D eigenvalue weighted by atomic mass is 16.5. The molecule has 0 fully saturated rings. The molecule has 0 saturated heterocycles. The lowest BCUT2D eigenvalue weighted by molar-refractivity contribution is 0.0695. The van der Waals surface area contributed by atoms with Crippen molar-refractivity contribution in [2.24, 2.45) is 0 Å². The van der Waals surface area contributed by atoms with Crippen LogP contribution in [-0.4, -0.2) is 24.3 Å². The Morgan fingerprint density at radius 2 is 1.27 bits per heavy atom. The number of carbonyl (C=O) groups is 1. The first kappa shape index (κ1) is 26.6. The number of ether oxygens (including phenoxy) is 3. The molecule has 4 rings (SSSR count). The van der Waals surface area contributed by atoms with Crippen molar-refractivity contribution in [2.45, 2.75) is 71.1 Å². The zero-order chi connectivity index (χ0) is 26.0. The van der Waals surface area contributed by atoms with Crippen LogP contribution in [0.4, 0.5) is 0 Å². The number of hydrogen-bond acceptors (Lipinski definition) is 4. The minimum Gasteiger partial charge on any atom is -0.493 e. The van der Waals surface area contributed by atoms with Gasteiger partial charge in [-0.1, -0.05) is 82.7 Å². The van der Waals surface area contributed by atoms with Crippen molar-refractivity contribution < 1.29 is 24.1 Å². The summed E-state index contributed by atoms with van der Waals surface area (Å²) in [5.41, 5.74) is 2.88. The summed E-state index contributed by atoms with van der Waals surface area (Å²) in [4.78, 5) is 12.1. The van der Waals surface area contributed by atoms with Gasteiger partial charge in [0.25, 0.3) is 0 Å². The summed E-state index contributed by atoms with van der Waals surface area (Å²) >= 11 is 0. The molecule has 37 heavy (non-hydrogen) atoms. The SMILES string of the molecule is CCCCCCOc1ccc2c(c1)Oc1cc(OCCCCCC)ccc1C2c1ccccc1C(=O)O. The smallest absolute Gasteiger partial charge is 0.335 e. The highest BCUT2D eigenvalue weighted by Crippen LogP contribution is 2.49. The maximum Gasteiger partial charge on any atom is 0.335 e. The van der Waals surface area contributed by atoms with Crippen LogP contribution in [0.5, 0.6) is 23.0 Å². The van der Waals surface area contributed by atoms with Gasteiger partial charge in [-0.25, -0.2) is 4.79 Å². The number of fused-ring (bicyclic) bond motifs is 2. The van der Waals surface area contributed by atoms with Crippen molar-refractivity contribution in [1.29, 1.82) is 0 Å². The average molecular weight is 503 g/mol. The fraction of sp³-hybridized carbons (Fsp3) is 0.406. The van der Waals surface area contributed by atoms with Crippen molar-refractivity contribution in [3.63, 3.8) is 0 Å². The Morgan fingerprint density at radius 1 is 0.730 bits per heavy atom. The van der Waals surface area contributed by atoms with E-state index in [0.29, 0.717) is 30.3 Å². The number of carboxylic acids is 1. The van der Waals surface area contributed by atoms with Crippen LogP contribution in [-0.2, 0) is 0 Å². The first-order valence-electron chi connectivity index (χ1n) is 13.7. The molecule has 0 spiro atoms. The number of benzene rings is 3. The Morgan fingerprint density at radius 3 is 1.78 bits per heavy atom. The van der Waals surface area contributed by atoms with E-state index in [1.165, 1.54) is 25.7 Å². The minimum absolute atomic E-state index is 0.275. The predicted molar refractivity (Wildman–Crippen MR) is 147 cm³/mol. The fourth-order valence-corrected chi connectivity index (χ4v) is 4.86. The predicted octanol–water partition coefficient (Wildman–Crippen LogP) is 8.59. The normalized spacial score (nSPS) is 12.4. The minimum atomic E-state index is -0.941. The van der Waals surface area contributed by atoms with Crippen LogP contribution < -0.4 is 14.2 Å². The molecule has 3 aromatic carbocycles. The molecule has 1 N–H and O–H groups in total. The summed E-state index contributed by atoms with van der Waals surface area (Å²) in [7, 11) is 0. The number of carboxylic acid groups (broad SMARTS) is 1. The third-order valence-corrected chi connectivity index (χ3v) is 6.85. The molecular weight excluding hydrogens is 464 g/mol. The van der Waals surface area contributed by atoms with E-state index in [1.54, 1.807) is 12.1 Å². The van der Waals surface area contributed by atoms with Crippen molar-refractivity contribution in [3.05, 3.63) is 82.9 Å². The van der Waals surface area contributed by atoms with Crippen LogP contribution in [0.15, 0.2) is 60.7 Å². The van der Waals surface area contributed by atoms with Crippen LogP contribution in [0.25, 0.3) is 0 Å². The third-order valence-electron chi connectivity index (χ3n) is 6.85. The molecule has 0 amide bonds. The Balaban J connectivity index is 1.64. The molecule has 3 aromatic rings. The van der Waals surface area contributed by atoms with E-state index in [9.17, 15) is 9.90 Å². The molecule has 0 saturated carbocycles. The molecule has 1 heterocycles. The summed E-state index contributed by atoms with van der Waals surface area (Å²) in [6, 6.07) is 19.0. The Bertz CT molecular complexity index is 1120. The average Bonchev–Trinajstić information content (AvgIpc) is 2.91. The molecule has 196 valence electrons. The van der Waals surface area contributed by atoms with Crippen molar-refractivity contribution in [3.8, 4) is 23.0 Å². The van der Waals surface area contributed by atoms with E-state index in [-0.39, 0.29) is 5.92 Å². The lowest BCUT2D eigenvalue weighted by Crippen LogP contribution is -2.15. The molecule has 1 aliphatic rings. The van der Waals surface area contributed by atoms with Gasteiger partial charge in [-0.05, 0) is 36.6 Å². The molecule has 1 aliphatic heterocycles. The Hall–Kier alpha value is -3.47. The number of hydrogen-bond donors (Lipinski definition) is 1. The lowest BCUT2D eigenvalue weighted by Gasteiger charge is -2.30. The highest BCUT2D eigenvalue weighted by Gasteiger charge is 2.32. The van der Waals surface area contributed by atoms with E-state index < -0.39 is 5.97 Å². The Labute approximate surface area is 220 Å². The summed E-state index contributed by atoms with van der Waals surface area (Å²) in [5, 5.41) is 9.93. The van der Waals surface area contributed by atoms with Gasteiger partial charge in [0.05, 0.1) is 18.8 Å². The van der Waals surface area contributed by atoms with Crippen LogP contribution in [0.1, 0.15) is 98.2 Å². The first-order chi connectivity index (χ1) is 18.1. The van der Waals surface area contributed by atoms with E-state index >= 15 is 0 Å². The van der Waals surface area contributed by atoms with Crippen LogP contribution in [0, 0.1) is 0 Å². The first-order valence-corrected chi connectivity index (χ1v) is 13.7. The van der Waals surface area contributed by atoms with Gasteiger partial charge in [0.15, 0.2) is 0 Å². The molecule has 0 radical (unpaired) electrons. The van der Waals surface area contributed by atoms with Gasteiger partial charge >= 0.3 is 5.97 Å². The molecule has 5 heteroatoms. The maximum atomic E-state index is 12.1. The molecular formula is C32H38O5. The van der Waals surface area contributed by atoms with Gasteiger partial charge in [-0.15, -0.1) is 0 Å². The largest absolute Gasteiger partial charge is 0.493 e. The maximum absolute atomic E-state index is 12.1. The molecule has 0 atom stereocenters. The Kier molecular flexibility index (Phi) is 9.47. The van der Waals surface area contributed by atoms with Crippen LogP contribution in [0.3, 0.4) is 0 Å². The van der Waals surface area contributed by atoms with Gasteiger partial charge in [0, 0.05) is 29.2 Å². The second-order valence-corrected chi connectivity index (χ2v) is 9.64. The van der Waals surface area contributed by atoms with Crippen LogP contribution >= 0.6 is 0 Å². The van der Waals surface area contributed by atoms with E-state index in [2.05, 4.69) is 13.8 Å². The van der Waals surface area contributed by atoms with E-state index in [4.69, 9.17) is 14.2 Å². The van der Waals surface area contributed by atoms with Gasteiger partial charge in [-0.3, -0.25) is 0 Å². The number of rotatable bonds is 14. The van der Waals surface area contributed by atoms with Gasteiger partial charge in [-0.2, -0.15) is 0 Å². The van der Waals surface area contributed by atoms with Crippen molar-refractivity contribution in [1.82, 2.24) is 0 Å². The van der Waals surface area contributed by atoms with E-state index in [1.807, 2.05) is 48.5 Å². The number of aromatic carboxylic acids is 1.